The number of nitrogens with one attached hydrogen (secondary N) is 1. The van der Waals surface area contributed by atoms with Crippen molar-refractivity contribution in [3.63, 3.8) is 0 Å². The van der Waals surface area contributed by atoms with Crippen molar-refractivity contribution < 1.29 is 14.3 Å². The van der Waals surface area contributed by atoms with Gasteiger partial charge in [-0.25, -0.2) is 5.43 Å². The molecule has 6 heteroatoms. The van der Waals surface area contributed by atoms with Gasteiger partial charge in [-0.2, -0.15) is 5.10 Å². The second-order valence-electron chi connectivity index (χ2n) is 6.51. The minimum atomic E-state index is -0.340. The SMILES string of the molecule is CCCOc1ccc(/C=N/NC(=O)COc2ccc(-c3ccccc3)cc2Br)cc1. The van der Waals surface area contributed by atoms with Crippen molar-refractivity contribution in [2.24, 2.45) is 5.10 Å². The average Bonchev–Trinajstić information content (AvgIpc) is 2.78. The number of carbonyl (C=O) groups is 1. The van der Waals surface area contributed by atoms with E-state index in [0.29, 0.717) is 12.4 Å². The topological polar surface area (TPSA) is 59.9 Å². The summed E-state index contributed by atoms with van der Waals surface area (Å²) in [4.78, 5) is 12.0. The van der Waals surface area contributed by atoms with Crippen LogP contribution in [0.3, 0.4) is 0 Å². The molecule has 154 valence electrons. The van der Waals surface area contributed by atoms with Gasteiger partial charge in [0, 0.05) is 0 Å². The molecule has 1 N–H and O–H groups in total. The van der Waals surface area contributed by atoms with Crippen LogP contribution in [0.5, 0.6) is 11.5 Å². The van der Waals surface area contributed by atoms with Crippen molar-refractivity contribution >= 4 is 28.1 Å². The fourth-order valence-corrected chi connectivity index (χ4v) is 3.15. The van der Waals surface area contributed by atoms with Crippen molar-refractivity contribution in [1.29, 1.82) is 0 Å². The normalized spacial score (nSPS) is 10.7. The number of carbonyl (C=O) groups excluding carboxylic acids is 1. The zero-order valence-electron chi connectivity index (χ0n) is 16.7. The summed E-state index contributed by atoms with van der Waals surface area (Å²) in [5.41, 5.74) is 5.50. The van der Waals surface area contributed by atoms with Crippen molar-refractivity contribution in [2.45, 2.75) is 13.3 Å². The molecule has 0 atom stereocenters. The molecule has 1 amide bonds. The van der Waals surface area contributed by atoms with Crippen LogP contribution in [0.15, 0.2) is 82.4 Å². The number of ether oxygens (including phenoxy) is 2. The Kier molecular flexibility index (Phi) is 8.03. The van der Waals surface area contributed by atoms with Crippen molar-refractivity contribution in [2.75, 3.05) is 13.2 Å². The van der Waals surface area contributed by atoms with Gasteiger partial charge in [-0.05, 0) is 75.4 Å². The molecular formula is C24H23BrN2O3. The average molecular weight is 467 g/mol. The molecule has 3 aromatic carbocycles. The number of rotatable bonds is 9. The van der Waals surface area contributed by atoms with Gasteiger partial charge in [0.2, 0.25) is 0 Å². The lowest BCUT2D eigenvalue weighted by molar-refractivity contribution is -0.123. The molecular weight excluding hydrogens is 444 g/mol. The smallest absolute Gasteiger partial charge is 0.277 e. The van der Waals surface area contributed by atoms with Crippen LogP contribution in [-0.2, 0) is 4.79 Å². The van der Waals surface area contributed by atoms with Gasteiger partial charge in [0.15, 0.2) is 6.61 Å². The van der Waals surface area contributed by atoms with E-state index in [2.05, 4.69) is 33.4 Å². The van der Waals surface area contributed by atoms with Crippen LogP contribution in [-0.4, -0.2) is 25.3 Å². The number of halogens is 1. The fraction of sp³-hybridized carbons (Fsp3) is 0.167. The largest absolute Gasteiger partial charge is 0.494 e. The molecule has 3 aromatic rings. The van der Waals surface area contributed by atoms with Crippen molar-refractivity contribution in [1.82, 2.24) is 5.43 Å². The maximum atomic E-state index is 12.0. The van der Waals surface area contributed by atoms with Crippen LogP contribution < -0.4 is 14.9 Å². The van der Waals surface area contributed by atoms with Gasteiger partial charge in [-0.1, -0.05) is 43.3 Å². The predicted molar refractivity (Wildman–Crippen MR) is 123 cm³/mol. The third kappa shape index (κ3) is 6.46. The molecule has 0 bridgehead atoms. The Balaban J connectivity index is 1.48. The molecule has 0 aliphatic carbocycles. The van der Waals surface area contributed by atoms with E-state index in [9.17, 15) is 4.79 Å². The molecule has 0 aliphatic heterocycles. The molecule has 0 heterocycles. The van der Waals surface area contributed by atoms with E-state index in [1.165, 1.54) is 0 Å². The van der Waals surface area contributed by atoms with Crippen LogP contribution in [0.25, 0.3) is 11.1 Å². The monoisotopic (exact) mass is 466 g/mol. The number of amides is 1. The fourth-order valence-electron chi connectivity index (χ4n) is 2.65. The Morgan fingerprint density at radius 1 is 1.00 bits per heavy atom. The zero-order valence-corrected chi connectivity index (χ0v) is 18.3. The number of nitrogens with zero attached hydrogens (tertiary/aromatic N) is 1. The Hall–Kier alpha value is -3.12. The Morgan fingerprint density at radius 3 is 2.47 bits per heavy atom. The second-order valence-corrected chi connectivity index (χ2v) is 7.36. The first-order chi connectivity index (χ1) is 14.7. The minimum absolute atomic E-state index is 0.135. The highest BCUT2D eigenvalue weighted by molar-refractivity contribution is 9.10. The van der Waals surface area contributed by atoms with Gasteiger partial charge in [0.05, 0.1) is 17.3 Å². The summed E-state index contributed by atoms with van der Waals surface area (Å²) in [6.45, 7) is 2.62. The molecule has 5 nitrogen and oxygen atoms in total. The second kappa shape index (κ2) is 11.2. The molecule has 0 aromatic heterocycles. The lowest BCUT2D eigenvalue weighted by Crippen LogP contribution is -2.24. The quantitative estimate of drug-likeness (QED) is 0.337. The molecule has 3 rings (SSSR count). The van der Waals surface area contributed by atoms with Crippen LogP contribution in [0, 0.1) is 0 Å². The van der Waals surface area contributed by atoms with E-state index >= 15 is 0 Å². The first-order valence-electron chi connectivity index (χ1n) is 9.68. The number of hydrazone groups is 1. The van der Waals surface area contributed by atoms with Crippen molar-refractivity contribution in [3.05, 3.63) is 82.8 Å². The third-order valence-electron chi connectivity index (χ3n) is 4.15. The molecule has 0 radical (unpaired) electrons. The molecule has 0 spiro atoms. The van der Waals surface area contributed by atoms with E-state index in [1.807, 2.05) is 72.8 Å². The Morgan fingerprint density at radius 2 is 1.77 bits per heavy atom. The Labute approximate surface area is 184 Å². The van der Waals surface area contributed by atoms with E-state index in [4.69, 9.17) is 9.47 Å². The van der Waals surface area contributed by atoms with E-state index in [-0.39, 0.29) is 12.5 Å². The lowest BCUT2D eigenvalue weighted by atomic mass is 10.1. The molecule has 0 fully saturated rings. The zero-order chi connectivity index (χ0) is 21.2. The first kappa shape index (κ1) is 21.6. The highest BCUT2D eigenvalue weighted by atomic mass is 79.9. The summed E-state index contributed by atoms with van der Waals surface area (Å²) in [6.07, 6.45) is 2.54. The third-order valence-corrected chi connectivity index (χ3v) is 4.77. The first-order valence-corrected chi connectivity index (χ1v) is 10.5. The van der Waals surface area contributed by atoms with Crippen LogP contribution in [0.4, 0.5) is 0 Å². The van der Waals surface area contributed by atoms with E-state index < -0.39 is 0 Å². The summed E-state index contributed by atoms with van der Waals surface area (Å²) in [5, 5.41) is 3.96. The maximum Gasteiger partial charge on any atom is 0.277 e. The summed E-state index contributed by atoms with van der Waals surface area (Å²) >= 11 is 3.50. The molecule has 0 saturated carbocycles. The summed E-state index contributed by atoms with van der Waals surface area (Å²) in [5.74, 6) is 1.07. The summed E-state index contributed by atoms with van der Waals surface area (Å²) < 4.78 is 11.9. The van der Waals surface area contributed by atoms with Gasteiger partial charge in [0.1, 0.15) is 11.5 Å². The van der Waals surface area contributed by atoms with Crippen LogP contribution >= 0.6 is 15.9 Å². The summed E-state index contributed by atoms with van der Waals surface area (Å²) in [7, 11) is 0. The van der Waals surface area contributed by atoms with Gasteiger partial charge in [0.25, 0.3) is 5.91 Å². The number of benzene rings is 3. The minimum Gasteiger partial charge on any atom is -0.494 e. The number of hydrogen-bond donors (Lipinski definition) is 1. The Bertz CT molecular complexity index is 989. The standard InChI is InChI=1S/C24H23BrN2O3/c1-2-14-29-21-11-8-18(9-12-21)16-26-27-24(28)17-30-23-13-10-20(15-22(23)25)19-6-4-3-5-7-19/h3-13,15-16H,2,14,17H2,1H3,(H,27,28)/b26-16+. The maximum absolute atomic E-state index is 12.0. The van der Waals surface area contributed by atoms with Gasteiger partial charge >= 0.3 is 0 Å². The molecule has 30 heavy (non-hydrogen) atoms. The van der Waals surface area contributed by atoms with Gasteiger partial charge in [-0.3, -0.25) is 4.79 Å². The highest BCUT2D eigenvalue weighted by Gasteiger charge is 2.07. The van der Waals surface area contributed by atoms with Gasteiger partial charge < -0.3 is 9.47 Å². The molecule has 0 aliphatic rings. The number of hydrogen-bond acceptors (Lipinski definition) is 4. The van der Waals surface area contributed by atoms with Crippen molar-refractivity contribution in [3.8, 4) is 22.6 Å². The van der Waals surface area contributed by atoms with E-state index in [0.717, 1.165) is 33.3 Å². The highest BCUT2D eigenvalue weighted by Crippen LogP contribution is 2.30. The predicted octanol–water partition coefficient (Wildman–Crippen LogP) is 5.43. The van der Waals surface area contributed by atoms with Crippen LogP contribution in [0.1, 0.15) is 18.9 Å². The summed E-state index contributed by atoms with van der Waals surface area (Å²) in [6, 6.07) is 23.3. The van der Waals surface area contributed by atoms with E-state index in [1.54, 1.807) is 6.21 Å². The lowest BCUT2D eigenvalue weighted by Gasteiger charge is -2.09. The molecule has 0 unspecified atom stereocenters. The molecule has 0 saturated heterocycles. The van der Waals surface area contributed by atoms with Crippen LogP contribution in [0.2, 0.25) is 0 Å². The van der Waals surface area contributed by atoms with Gasteiger partial charge in [-0.15, -0.1) is 0 Å².